The standard InChI is InChI=1S/C18H15ClN4.ClH/c19-9-13-5-2-1-4-11(13)8-12-6-3-7-14-15(12)16-17(18(20)23-14)22-10-21-16;/h1-7,10H,8-9H2,(H2,20,23)(H,21,22);1H. The maximum absolute atomic E-state index is 6.07. The highest BCUT2D eigenvalue weighted by molar-refractivity contribution is 6.17. The number of anilines is 1. The van der Waals surface area contributed by atoms with Crippen molar-refractivity contribution in [1.82, 2.24) is 15.0 Å². The first-order valence-electron chi connectivity index (χ1n) is 7.41. The Bertz CT molecular complexity index is 1010. The van der Waals surface area contributed by atoms with E-state index in [1.54, 1.807) is 6.33 Å². The molecule has 0 aliphatic carbocycles. The first-order valence-corrected chi connectivity index (χ1v) is 7.94. The van der Waals surface area contributed by atoms with Crippen LogP contribution >= 0.6 is 24.0 Å². The predicted molar refractivity (Wildman–Crippen MR) is 102 cm³/mol. The van der Waals surface area contributed by atoms with E-state index in [0.29, 0.717) is 11.7 Å². The number of rotatable bonds is 3. The highest BCUT2D eigenvalue weighted by Crippen LogP contribution is 2.29. The van der Waals surface area contributed by atoms with Crippen LogP contribution in [0.5, 0.6) is 0 Å². The zero-order chi connectivity index (χ0) is 15.8. The smallest absolute Gasteiger partial charge is 0.152 e. The van der Waals surface area contributed by atoms with Crippen LogP contribution in [-0.4, -0.2) is 15.0 Å². The molecule has 4 aromatic rings. The van der Waals surface area contributed by atoms with Gasteiger partial charge in [-0.1, -0.05) is 36.4 Å². The Labute approximate surface area is 150 Å². The topological polar surface area (TPSA) is 67.6 Å². The van der Waals surface area contributed by atoms with E-state index in [1.165, 1.54) is 11.1 Å². The molecule has 0 aliphatic rings. The van der Waals surface area contributed by atoms with Crippen molar-refractivity contribution in [3.8, 4) is 0 Å². The molecule has 0 fully saturated rings. The third-order valence-corrected chi connectivity index (χ3v) is 4.43. The third-order valence-electron chi connectivity index (χ3n) is 4.14. The summed E-state index contributed by atoms with van der Waals surface area (Å²) in [4.78, 5) is 12.0. The molecule has 0 saturated heterocycles. The number of nitrogens with zero attached hydrogens (tertiary/aromatic N) is 2. The maximum Gasteiger partial charge on any atom is 0.152 e. The molecule has 0 radical (unpaired) electrons. The molecule has 24 heavy (non-hydrogen) atoms. The minimum atomic E-state index is 0. The predicted octanol–water partition coefficient (Wildman–Crippen LogP) is 4.44. The van der Waals surface area contributed by atoms with Crippen LogP contribution in [-0.2, 0) is 12.3 Å². The number of H-pyrrole nitrogens is 1. The third kappa shape index (κ3) is 2.68. The van der Waals surface area contributed by atoms with E-state index in [1.807, 2.05) is 24.3 Å². The summed E-state index contributed by atoms with van der Waals surface area (Å²) in [5.74, 6) is 0.957. The molecule has 0 aliphatic heterocycles. The average molecular weight is 359 g/mol. The van der Waals surface area contributed by atoms with Crippen molar-refractivity contribution in [2.45, 2.75) is 12.3 Å². The number of aromatic amines is 1. The average Bonchev–Trinajstić information content (AvgIpc) is 3.06. The second-order valence-electron chi connectivity index (χ2n) is 5.51. The molecule has 0 atom stereocenters. The summed E-state index contributed by atoms with van der Waals surface area (Å²) >= 11 is 6.07. The van der Waals surface area contributed by atoms with Gasteiger partial charge in [0.1, 0.15) is 5.52 Å². The summed E-state index contributed by atoms with van der Waals surface area (Å²) in [7, 11) is 0. The molecule has 122 valence electrons. The van der Waals surface area contributed by atoms with Gasteiger partial charge < -0.3 is 10.7 Å². The van der Waals surface area contributed by atoms with Crippen LogP contribution in [0.25, 0.3) is 21.9 Å². The number of aromatic nitrogens is 3. The lowest BCUT2D eigenvalue weighted by atomic mass is 9.97. The van der Waals surface area contributed by atoms with Crippen LogP contribution in [0.4, 0.5) is 5.82 Å². The fourth-order valence-corrected chi connectivity index (χ4v) is 3.30. The van der Waals surface area contributed by atoms with Gasteiger partial charge in [0.05, 0.1) is 17.4 Å². The number of alkyl halides is 1. The van der Waals surface area contributed by atoms with E-state index in [-0.39, 0.29) is 12.4 Å². The summed E-state index contributed by atoms with van der Waals surface area (Å²) in [5, 5.41) is 1.07. The Morgan fingerprint density at radius 2 is 1.75 bits per heavy atom. The molecule has 4 nitrogen and oxygen atoms in total. The molecule has 0 bridgehead atoms. The number of imidazole rings is 1. The number of hydrogen-bond donors (Lipinski definition) is 2. The van der Waals surface area contributed by atoms with Gasteiger partial charge in [-0.2, -0.15) is 0 Å². The van der Waals surface area contributed by atoms with Crippen molar-refractivity contribution >= 4 is 51.8 Å². The largest absolute Gasteiger partial charge is 0.382 e. The van der Waals surface area contributed by atoms with Crippen LogP contribution in [0.15, 0.2) is 48.8 Å². The number of hydrogen-bond acceptors (Lipinski definition) is 3. The second-order valence-corrected chi connectivity index (χ2v) is 5.78. The highest BCUT2D eigenvalue weighted by Gasteiger charge is 2.13. The Hall–Kier alpha value is -2.30. The van der Waals surface area contributed by atoms with Crippen LogP contribution in [0.1, 0.15) is 16.7 Å². The number of nitrogen functional groups attached to an aromatic ring is 1. The van der Waals surface area contributed by atoms with Gasteiger partial charge in [-0.3, -0.25) is 0 Å². The number of nitrogens with two attached hydrogens (primary N) is 1. The van der Waals surface area contributed by atoms with E-state index in [9.17, 15) is 0 Å². The molecular weight excluding hydrogens is 343 g/mol. The Kier molecular flexibility index (Phi) is 4.60. The van der Waals surface area contributed by atoms with E-state index < -0.39 is 0 Å². The van der Waals surface area contributed by atoms with Gasteiger partial charge in [-0.25, -0.2) is 9.97 Å². The number of benzene rings is 2. The SMILES string of the molecule is Cl.Nc1nc2cccc(Cc3ccccc3CCl)c2c2[nH]cnc12. The first-order chi connectivity index (χ1) is 11.3. The molecule has 2 heterocycles. The highest BCUT2D eigenvalue weighted by atomic mass is 35.5. The minimum Gasteiger partial charge on any atom is -0.382 e. The van der Waals surface area contributed by atoms with Crippen molar-refractivity contribution in [3.05, 3.63) is 65.5 Å². The summed E-state index contributed by atoms with van der Waals surface area (Å²) in [6, 6.07) is 14.3. The number of halogens is 2. The maximum atomic E-state index is 6.07. The lowest BCUT2D eigenvalue weighted by molar-refractivity contribution is 1.16. The molecule has 0 saturated carbocycles. The number of fused-ring (bicyclic) bond motifs is 3. The molecule has 0 unspecified atom stereocenters. The van der Waals surface area contributed by atoms with E-state index in [4.69, 9.17) is 17.3 Å². The lowest BCUT2D eigenvalue weighted by Gasteiger charge is -2.11. The normalized spacial score (nSPS) is 10.9. The Balaban J connectivity index is 0.00000169. The van der Waals surface area contributed by atoms with Crippen molar-refractivity contribution < 1.29 is 0 Å². The van der Waals surface area contributed by atoms with Crippen LogP contribution in [0, 0.1) is 0 Å². The van der Waals surface area contributed by atoms with Gasteiger partial charge >= 0.3 is 0 Å². The molecule has 4 rings (SSSR count). The molecule has 6 heteroatoms. The second kappa shape index (κ2) is 6.67. The molecule has 0 amide bonds. The van der Waals surface area contributed by atoms with E-state index >= 15 is 0 Å². The minimum absolute atomic E-state index is 0. The first kappa shape index (κ1) is 16.6. The van der Waals surface area contributed by atoms with Crippen LogP contribution < -0.4 is 5.73 Å². The molecule has 2 aromatic carbocycles. The Morgan fingerprint density at radius 1 is 1.00 bits per heavy atom. The van der Waals surface area contributed by atoms with Crippen molar-refractivity contribution in [3.63, 3.8) is 0 Å². The van der Waals surface area contributed by atoms with Crippen molar-refractivity contribution in [2.75, 3.05) is 5.73 Å². The van der Waals surface area contributed by atoms with E-state index in [2.05, 4.69) is 33.2 Å². The molecular formula is C18H16Cl2N4. The van der Waals surface area contributed by atoms with Gasteiger partial charge in [-0.05, 0) is 29.2 Å². The summed E-state index contributed by atoms with van der Waals surface area (Å²) in [6.45, 7) is 0. The summed E-state index contributed by atoms with van der Waals surface area (Å²) < 4.78 is 0. The molecule has 3 N–H and O–H groups in total. The zero-order valence-corrected chi connectivity index (χ0v) is 14.4. The molecule has 0 spiro atoms. The monoisotopic (exact) mass is 358 g/mol. The van der Waals surface area contributed by atoms with Gasteiger partial charge in [-0.15, -0.1) is 24.0 Å². The van der Waals surface area contributed by atoms with Crippen molar-refractivity contribution in [1.29, 1.82) is 0 Å². The van der Waals surface area contributed by atoms with Crippen LogP contribution in [0.3, 0.4) is 0 Å². The lowest BCUT2D eigenvalue weighted by Crippen LogP contribution is -1.98. The van der Waals surface area contributed by atoms with E-state index in [0.717, 1.165) is 33.9 Å². The quantitative estimate of drug-likeness (QED) is 0.531. The molecule has 2 aromatic heterocycles. The van der Waals surface area contributed by atoms with Gasteiger partial charge in [0.25, 0.3) is 0 Å². The van der Waals surface area contributed by atoms with Gasteiger partial charge in [0.15, 0.2) is 5.82 Å². The number of pyridine rings is 1. The fourth-order valence-electron chi connectivity index (χ4n) is 3.04. The summed E-state index contributed by atoms with van der Waals surface area (Å²) in [5.41, 5.74) is 12.1. The fraction of sp³-hybridized carbons (Fsp3) is 0.111. The Morgan fingerprint density at radius 3 is 2.54 bits per heavy atom. The summed E-state index contributed by atoms with van der Waals surface area (Å²) in [6.07, 6.45) is 2.45. The number of nitrogens with one attached hydrogen (secondary N) is 1. The van der Waals surface area contributed by atoms with Gasteiger partial charge in [0, 0.05) is 11.3 Å². The van der Waals surface area contributed by atoms with Gasteiger partial charge in [0.2, 0.25) is 0 Å². The van der Waals surface area contributed by atoms with Crippen molar-refractivity contribution in [2.24, 2.45) is 0 Å². The zero-order valence-electron chi connectivity index (χ0n) is 12.8. The van der Waals surface area contributed by atoms with Crippen LogP contribution in [0.2, 0.25) is 0 Å².